The van der Waals surface area contributed by atoms with Crippen LogP contribution in [0, 0.1) is 6.92 Å². The Labute approximate surface area is 316 Å². The van der Waals surface area contributed by atoms with Gasteiger partial charge in [-0.1, -0.05) is 147 Å². The zero-order valence-electron chi connectivity index (χ0n) is 30.6. The summed E-state index contributed by atoms with van der Waals surface area (Å²) in [5.74, 6) is 0. The molecular formula is C53H37N. The second-order valence-electron chi connectivity index (χ2n) is 16.1. The maximum absolute atomic E-state index is 2.57. The summed E-state index contributed by atoms with van der Waals surface area (Å²) in [6, 6.07) is 64.6. The summed E-state index contributed by atoms with van der Waals surface area (Å²) in [7, 11) is 0. The van der Waals surface area contributed by atoms with E-state index in [-0.39, 0.29) is 5.41 Å². The highest BCUT2D eigenvalue weighted by Crippen LogP contribution is 2.66. The minimum Gasteiger partial charge on any atom is -0.310 e. The Bertz CT molecular complexity index is 2920. The molecule has 4 aliphatic rings. The quantitative estimate of drug-likeness (QED) is 0.175. The van der Waals surface area contributed by atoms with Crippen LogP contribution in [0.5, 0.6) is 0 Å². The monoisotopic (exact) mass is 687 g/mol. The van der Waals surface area contributed by atoms with E-state index in [0.717, 1.165) is 0 Å². The molecule has 1 spiro atoms. The highest BCUT2D eigenvalue weighted by Gasteiger charge is 2.53. The van der Waals surface area contributed by atoms with Crippen molar-refractivity contribution >= 4 is 17.1 Å². The van der Waals surface area contributed by atoms with Crippen molar-refractivity contribution in [2.45, 2.75) is 31.6 Å². The van der Waals surface area contributed by atoms with Gasteiger partial charge in [-0.3, -0.25) is 0 Å². The fourth-order valence-electron chi connectivity index (χ4n) is 10.9. The molecular weight excluding hydrogens is 651 g/mol. The van der Waals surface area contributed by atoms with Gasteiger partial charge in [-0.15, -0.1) is 0 Å². The molecule has 0 aromatic heterocycles. The van der Waals surface area contributed by atoms with Crippen LogP contribution in [-0.2, 0) is 10.8 Å². The summed E-state index contributed by atoms with van der Waals surface area (Å²) < 4.78 is 0. The molecule has 0 saturated carbocycles. The molecule has 0 radical (unpaired) electrons. The Morgan fingerprint density at radius 1 is 0.370 bits per heavy atom. The molecule has 8 aromatic rings. The predicted octanol–water partition coefficient (Wildman–Crippen LogP) is 13.8. The second kappa shape index (κ2) is 10.4. The molecule has 1 unspecified atom stereocenters. The smallest absolute Gasteiger partial charge is 0.0732 e. The Morgan fingerprint density at radius 2 is 0.870 bits per heavy atom. The molecule has 3 aliphatic carbocycles. The maximum atomic E-state index is 2.57. The zero-order valence-corrected chi connectivity index (χ0v) is 30.6. The minimum absolute atomic E-state index is 0.114. The lowest BCUT2D eigenvalue weighted by atomic mass is 9.68. The number of anilines is 3. The highest BCUT2D eigenvalue weighted by atomic mass is 15.1. The first-order valence-electron chi connectivity index (χ1n) is 19.2. The van der Waals surface area contributed by atoms with Gasteiger partial charge >= 0.3 is 0 Å². The van der Waals surface area contributed by atoms with E-state index in [2.05, 4.69) is 196 Å². The van der Waals surface area contributed by atoms with Crippen molar-refractivity contribution < 1.29 is 0 Å². The van der Waals surface area contributed by atoms with Gasteiger partial charge in [0.2, 0.25) is 0 Å². The van der Waals surface area contributed by atoms with Gasteiger partial charge in [0.15, 0.2) is 0 Å². The van der Waals surface area contributed by atoms with E-state index in [9.17, 15) is 0 Å². The molecule has 1 heterocycles. The van der Waals surface area contributed by atoms with Crippen molar-refractivity contribution in [3.63, 3.8) is 0 Å². The molecule has 1 heteroatoms. The number of benzene rings is 8. The molecule has 54 heavy (non-hydrogen) atoms. The van der Waals surface area contributed by atoms with Crippen LogP contribution in [0.25, 0.3) is 55.6 Å². The molecule has 254 valence electrons. The lowest BCUT2D eigenvalue weighted by Gasteiger charge is -2.32. The summed E-state index contributed by atoms with van der Waals surface area (Å²) in [6.45, 7) is 7.08. The maximum Gasteiger partial charge on any atom is 0.0732 e. The molecule has 1 aliphatic heterocycles. The number of aryl methyl sites for hydroxylation is 1. The van der Waals surface area contributed by atoms with Crippen LogP contribution in [0.15, 0.2) is 170 Å². The number of fused-ring (bicyclic) bond motifs is 10. The van der Waals surface area contributed by atoms with Gasteiger partial charge in [0, 0.05) is 22.4 Å². The van der Waals surface area contributed by atoms with Gasteiger partial charge in [0.05, 0.1) is 11.1 Å². The van der Waals surface area contributed by atoms with Crippen molar-refractivity contribution in [3.8, 4) is 55.6 Å². The molecule has 0 N–H and O–H groups in total. The first-order valence-corrected chi connectivity index (χ1v) is 19.2. The normalized spacial score (nSPS) is 17.0. The van der Waals surface area contributed by atoms with Gasteiger partial charge in [0.1, 0.15) is 0 Å². The SMILES string of the molecule is Cc1cc(-c2ccccc2)cc2c1N(c1ccc3c(c1)C(C)(C)c1ccccc1-3)c1ccc3c(c1)C1(c4ccccc4-3)c3ccccc3-c3cccc-2c31. The second-order valence-corrected chi connectivity index (χ2v) is 16.1. The van der Waals surface area contributed by atoms with E-state index < -0.39 is 5.41 Å². The summed E-state index contributed by atoms with van der Waals surface area (Å²) in [4.78, 5) is 2.57. The molecule has 1 nitrogen and oxygen atoms in total. The average molecular weight is 688 g/mol. The summed E-state index contributed by atoms with van der Waals surface area (Å²) in [6.07, 6.45) is 0. The van der Waals surface area contributed by atoms with Gasteiger partial charge in [-0.05, 0) is 132 Å². The van der Waals surface area contributed by atoms with Crippen LogP contribution in [0.1, 0.15) is 52.8 Å². The van der Waals surface area contributed by atoms with E-state index in [4.69, 9.17) is 0 Å². The van der Waals surface area contributed by atoms with E-state index in [1.54, 1.807) is 0 Å². The highest BCUT2D eigenvalue weighted by molar-refractivity contribution is 6.04. The molecule has 0 fully saturated rings. The number of hydrogen-bond donors (Lipinski definition) is 0. The Hall–Kier alpha value is -6.44. The Balaban J connectivity index is 1.24. The van der Waals surface area contributed by atoms with E-state index in [1.165, 1.54) is 112 Å². The Kier molecular flexibility index (Phi) is 5.77. The third-order valence-electron chi connectivity index (χ3n) is 13.1. The van der Waals surface area contributed by atoms with Crippen molar-refractivity contribution in [2.24, 2.45) is 0 Å². The third-order valence-corrected chi connectivity index (χ3v) is 13.1. The standard InChI is InChI=1S/C53H37N/c1-32-28-34(33-14-5-4-6-15-33)29-44-43-20-13-19-42-39-18-9-12-23-47(39)53(50(42)43)46-22-11-8-17-38(46)41-27-25-36(31-49(41)53)54(51(32)44)35-24-26-40-37-16-7-10-21-45(37)52(2,3)48(40)30-35/h4-31H,1-3H3. The molecule has 2 bridgehead atoms. The van der Waals surface area contributed by atoms with Crippen LogP contribution in [0.3, 0.4) is 0 Å². The van der Waals surface area contributed by atoms with Crippen molar-refractivity contribution in [1.29, 1.82) is 0 Å². The average Bonchev–Trinajstić information content (AvgIpc) is 3.77. The number of nitrogens with zero attached hydrogens (tertiary/aromatic N) is 1. The van der Waals surface area contributed by atoms with Gasteiger partial charge in [-0.2, -0.15) is 0 Å². The van der Waals surface area contributed by atoms with Crippen LogP contribution < -0.4 is 4.90 Å². The fourth-order valence-corrected chi connectivity index (χ4v) is 10.9. The van der Waals surface area contributed by atoms with Crippen molar-refractivity contribution in [3.05, 3.63) is 209 Å². The topological polar surface area (TPSA) is 3.24 Å². The molecule has 0 saturated heterocycles. The van der Waals surface area contributed by atoms with Crippen LogP contribution >= 0.6 is 0 Å². The van der Waals surface area contributed by atoms with E-state index >= 15 is 0 Å². The van der Waals surface area contributed by atoms with Crippen molar-refractivity contribution in [2.75, 3.05) is 4.90 Å². The summed E-state index contributed by atoms with van der Waals surface area (Å²) in [5.41, 5.74) is 25.6. The first-order chi connectivity index (χ1) is 26.5. The molecule has 1 atom stereocenters. The van der Waals surface area contributed by atoms with E-state index in [0.29, 0.717) is 0 Å². The number of hydrogen-bond acceptors (Lipinski definition) is 1. The molecule has 0 amide bonds. The lowest BCUT2D eigenvalue weighted by Crippen LogP contribution is -2.26. The number of rotatable bonds is 2. The largest absolute Gasteiger partial charge is 0.310 e. The summed E-state index contributed by atoms with van der Waals surface area (Å²) in [5, 5.41) is 0. The van der Waals surface area contributed by atoms with E-state index in [1.807, 2.05) is 0 Å². The third kappa shape index (κ3) is 3.60. The van der Waals surface area contributed by atoms with Crippen LogP contribution in [0.2, 0.25) is 0 Å². The Morgan fingerprint density at radius 3 is 1.56 bits per heavy atom. The predicted molar refractivity (Wildman–Crippen MR) is 224 cm³/mol. The lowest BCUT2D eigenvalue weighted by molar-refractivity contribution is 0.660. The van der Waals surface area contributed by atoms with Crippen molar-refractivity contribution in [1.82, 2.24) is 0 Å². The molecule has 12 rings (SSSR count). The first kappa shape index (κ1) is 30.1. The van der Waals surface area contributed by atoms with Gasteiger partial charge in [0.25, 0.3) is 0 Å². The minimum atomic E-state index is -0.448. The van der Waals surface area contributed by atoms with Crippen LogP contribution in [0.4, 0.5) is 17.1 Å². The molecule has 8 aromatic carbocycles. The van der Waals surface area contributed by atoms with Gasteiger partial charge in [-0.25, -0.2) is 0 Å². The van der Waals surface area contributed by atoms with Gasteiger partial charge < -0.3 is 4.90 Å². The summed E-state index contributed by atoms with van der Waals surface area (Å²) >= 11 is 0. The zero-order chi connectivity index (χ0) is 35.9. The fraction of sp³-hybridized carbons (Fsp3) is 0.0943. The van der Waals surface area contributed by atoms with Crippen LogP contribution in [-0.4, -0.2) is 0 Å².